The van der Waals surface area contributed by atoms with Crippen LogP contribution in [0.3, 0.4) is 0 Å². The summed E-state index contributed by atoms with van der Waals surface area (Å²) in [7, 11) is 1.56. The van der Waals surface area contributed by atoms with Crippen molar-refractivity contribution < 1.29 is 9.84 Å². The summed E-state index contributed by atoms with van der Waals surface area (Å²) >= 11 is 0. The zero-order valence-electron chi connectivity index (χ0n) is 13.2. The van der Waals surface area contributed by atoms with E-state index in [4.69, 9.17) is 4.74 Å². The molecule has 0 fully saturated rings. The number of benzene rings is 1. The molecule has 0 atom stereocenters. The number of H-pyrrole nitrogens is 1. The largest absolute Gasteiger partial charge is 0.493 e. The molecule has 2 aromatic heterocycles. The monoisotopic (exact) mass is 321 g/mol. The van der Waals surface area contributed by atoms with Crippen molar-refractivity contribution in [3.63, 3.8) is 0 Å². The van der Waals surface area contributed by atoms with Gasteiger partial charge in [-0.3, -0.25) is 0 Å². The second kappa shape index (κ2) is 6.48. The number of nitrogens with zero attached hydrogens (tertiary/aromatic N) is 4. The fraction of sp³-hybridized carbons (Fsp3) is 0.176. The Kier molecular flexibility index (Phi) is 4.22. The number of azo groups is 1. The fourth-order valence-corrected chi connectivity index (χ4v) is 2.50. The third-order valence-corrected chi connectivity index (χ3v) is 3.53. The zero-order valence-corrected chi connectivity index (χ0v) is 13.2. The molecule has 3 rings (SSSR count). The van der Waals surface area contributed by atoms with Crippen molar-refractivity contribution >= 4 is 22.4 Å². The summed E-state index contributed by atoms with van der Waals surface area (Å²) < 4.78 is 5.11. The van der Waals surface area contributed by atoms with Crippen molar-refractivity contribution in [1.29, 1.82) is 5.26 Å². The molecular weight excluding hydrogens is 306 g/mol. The van der Waals surface area contributed by atoms with Gasteiger partial charge in [0.1, 0.15) is 11.6 Å². The van der Waals surface area contributed by atoms with Crippen LogP contribution < -0.4 is 0 Å². The van der Waals surface area contributed by atoms with E-state index in [2.05, 4.69) is 26.3 Å². The van der Waals surface area contributed by atoms with E-state index in [0.29, 0.717) is 22.5 Å². The first-order valence-electron chi connectivity index (χ1n) is 7.25. The summed E-state index contributed by atoms with van der Waals surface area (Å²) in [5, 5.41) is 28.3. The molecule has 0 unspecified atom stereocenters. The average Bonchev–Trinajstić information content (AvgIpc) is 2.88. The fourth-order valence-electron chi connectivity index (χ4n) is 2.50. The van der Waals surface area contributed by atoms with Gasteiger partial charge in [0.2, 0.25) is 5.88 Å². The molecule has 0 radical (unpaired) electrons. The van der Waals surface area contributed by atoms with Crippen LogP contribution >= 0.6 is 0 Å². The highest BCUT2D eigenvalue weighted by Gasteiger charge is 2.13. The molecule has 2 N–H and O–H groups in total. The predicted molar refractivity (Wildman–Crippen MR) is 88.5 cm³/mol. The quantitative estimate of drug-likeness (QED) is 0.708. The zero-order chi connectivity index (χ0) is 17.1. The molecule has 2 heterocycles. The summed E-state index contributed by atoms with van der Waals surface area (Å²) in [6.07, 6.45) is 0. The van der Waals surface area contributed by atoms with Crippen LogP contribution in [0.4, 0.5) is 11.5 Å². The van der Waals surface area contributed by atoms with E-state index in [9.17, 15) is 10.4 Å². The minimum Gasteiger partial charge on any atom is -0.493 e. The number of aromatic hydroxyl groups is 1. The Hall–Kier alpha value is -3.24. The predicted octanol–water partition coefficient (Wildman–Crippen LogP) is 4.01. The number of para-hydroxylation sites is 1. The number of aryl methyl sites for hydroxylation is 1. The maximum Gasteiger partial charge on any atom is 0.218 e. The van der Waals surface area contributed by atoms with Gasteiger partial charge >= 0.3 is 0 Å². The maximum atomic E-state index is 10.0. The van der Waals surface area contributed by atoms with Crippen LogP contribution in [0.5, 0.6) is 5.88 Å². The van der Waals surface area contributed by atoms with Crippen LogP contribution in [0, 0.1) is 18.3 Å². The number of nitrogens with one attached hydrogen (secondary N) is 1. The number of nitriles is 1. The topological polar surface area (TPSA) is 107 Å². The van der Waals surface area contributed by atoms with E-state index in [0.717, 1.165) is 10.9 Å². The van der Waals surface area contributed by atoms with Crippen LogP contribution in [-0.2, 0) is 11.3 Å². The van der Waals surface area contributed by atoms with Gasteiger partial charge in [-0.2, -0.15) is 5.26 Å². The summed E-state index contributed by atoms with van der Waals surface area (Å²) in [6, 6.07) is 11.2. The third kappa shape index (κ3) is 2.83. The number of ether oxygens (including phenoxy) is 1. The van der Waals surface area contributed by atoms with Gasteiger partial charge in [-0.05, 0) is 19.1 Å². The van der Waals surface area contributed by atoms with Gasteiger partial charge in [0.25, 0.3) is 0 Å². The van der Waals surface area contributed by atoms with Crippen LogP contribution in [0.15, 0.2) is 40.6 Å². The Balaban J connectivity index is 2.09. The molecule has 0 aliphatic heterocycles. The first-order chi connectivity index (χ1) is 11.6. The van der Waals surface area contributed by atoms with E-state index >= 15 is 0 Å². The van der Waals surface area contributed by atoms with Gasteiger partial charge in [0.05, 0.1) is 12.1 Å². The molecule has 120 valence electrons. The lowest BCUT2D eigenvalue weighted by molar-refractivity contribution is 0.184. The van der Waals surface area contributed by atoms with Crippen molar-refractivity contribution in [3.05, 3.63) is 47.2 Å². The normalized spacial score (nSPS) is 11.2. The minimum atomic E-state index is -0.0803. The van der Waals surface area contributed by atoms with E-state index < -0.39 is 0 Å². The van der Waals surface area contributed by atoms with Crippen molar-refractivity contribution in [2.45, 2.75) is 13.5 Å². The van der Waals surface area contributed by atoms with Crippen LogP contribution in [0.1, 0.15) is 16.8 Å². The molecule has 0 aliphatic carbocycles. The molecule has 3 aromatic rings. The smallest absolute Gasteiger partial charge is 0.218 e. The first kappa shape index (κ1) is 15.6. The minimum absolute atomic E-state index is 0.0803. The van der Waals surface area contributed by atoms with E-state index in [1.807, 2.05) is 31.2 Å². The van der Waals surface area contributed by atoms with E-state index in [-0.39, 0.29) is 18.3 Å². The molecule has 7 heteroatoms. The molecule has 0 amide bonds. The number of hydrogen-bond donors (Lipinski definition) is 2. The SMILES string of the molecule is COCc1cc(C)nc(N=Nc2c(O)[nH]c3ccccc23)c1C#N. The second-order valence-corrected chi connectivity index (χ2v) is 5.23. The summed E-state index contributed by atoms with van der Waals surface area (Å²) in [4.78, 5) is 7.10. The molecule has 0 spiro atoms. The lowest BCUT2D eigenvalue weighted by atomic mass is 10.1. The highest BCUT2D eigenvalue weighted by molar-refractivity contribution is 5.94. The van der Waals surface area contributed by atoms with Gasteiger partial charge in [-0.15, -0.1) is 10.2 Å². The van der Waals surface area contributed by atoms with Crippen LogP contribution in [0.25, 0.3) is 10.9 Å². The summed E-state index contributed by atoms with van der Waals surface area (Å²) in [6.45, 7) is 2.09. The molecular formula is C17H15N5O2. The highest BCUT2D eigenvalue weighted by Crippen LogP contribution is 2.36. The average molecular weight is 321 g/mol. The maximum absolute atomic E-state index is 10.0. The summed E-state index contributed by atoms with van der Waals surface area (Å²) in [5.41, 5.74) is 2.78. The number of aromatic amines is 1. The van der Waals surface area contributed by atoms with Crippen molar-refractivity contribution in [1.82, 2.24) is 9.97 Å². The van der Waals surface area contributed by atoms with Gasteiger partial charge < -0.3 is 14.8 Å². The van der Waals surface area contributed by atoms with Crippen LogP contribution in [-0.4, -0.2) is 22.2 Å². The molecule has 7 nitrogen and oxygen atoms in total. The number of aromatic nitrogens is 2. The molecule has 24 heavy (non-hydrogen) atoms. The Labute approximate surface area is 138 Å². The van der Waals surface area contributed by atoms with Crippen molar-refractivity contribution in [2.24, 2.45) is 10.2 Å². The number of hydrogen-bond acceptors (Lipinski definition) is 6. The first-order valence-corrected chi connectivity index (χ1v) is 7.25. The summed E-state index contributed by atoms with van der Waals surface area (Å²) in [5.74, 6) is 0.123. The lowest BCUT2D eigenvalue weighted by Crippen LogP contribution is -1.96. The van der Waals surface area contributed by atoms with Crippen molar-refractivity contribution in [2.75, 3.05) is 7.11 Å². The molecule has 0 saturated heterocycles. The van der Waals surface area contributed by atoms with E-state index in [1.54, 1.807) is 13.2 Å². The lowest BCUT2D eigenvalue weighted by Gasteiger charge is -2.06. The Bertz CT molecular complexity index is 969. The highest BCUT2D eigenvalue weighted by atomic mass is 16.5. The Morgan fingerprint density at radius 2 is 2.12 bits per heavy atom. The van der Waals surface area contributed by atoms with Gasteiger partial charge in [0.15, 0.2) is 11.5 Å². The van der Waals surface area contributed by atoms with Gasteiger partial charge in [-0.25, -0.2) is 4.98 Å². The number of pyridine rings is 1. The standard InChI is InChI=1S/C17H15N5O2/c1-10-7-11(9-24-2)13(8-18)16(19-10)22-21-15-12-5-3-4-6-14(12)20-17(15)23/h3-7,20,23H,9H2,1-2H3. The number of fused-ring (bicyclic) bond motifs is 1. The Morgan fingerprint density at radius 3 is 2.88 bits per heavy atom. The molecule has 0 saturated carbocycles. The van der Waals surface area contributed by atoms with E-state index in [1.165, 1.54) is 0 Å². The molecule has 0 aliphatic rings. The van der Waals surface area contributed by atoms with Gasteiger partial charge in [0, 0.05) is 23.8 Å². The second-order valence-electron chi connectivity index (χ2n) is 5.23. The molecule has 0 bridgehead atoms. The number of methoxy groups -OCH3 is 1. The third-order valence-electron chi connectivity index (χ3n) is 3.53. The molecule has 1 aromatic carbocycles. The van der Waals surface area contributed by atoms with Crippen LogP contribution in [0.2, 0.25) is 0 Å². The number of rotatable bonds is 4. The Morgan fingerprint density at radius 1 is 1.33 bits per heavy atom. The van der Waals surface area contributed by atoms with Crippen molar-refractivity contribution in [3.8, 4) is 11.9 Å². The van der Waals surface area contributed by atoms with Gasteiger partial charge in [-0.1, -0.05) is 18.2 Å².